The van der Waals surface area contributed by atoms with E-state index in [1.54, 1.807) is 0 Å². The van der Waals surface area contributed by atoms with Gasteiger partial charge < -0.3 is 16.0 Å². The highest BCUT2D eigenvalue weighted by atomic mass is 16.2. The summed E-state index contributed by atoms with van der Waals surface area (Å²) in [6, 6.07) is 0.147. The summed E-state index contributed by atoms with van der Waals surface area (Å²) in [7, 11) is 0. The molecule has 1 aliphatic heterocycles. The van der Waals surface area contributed by atoms with Crippen molar-refractivity contribution in [1.29, 1.82) is 0 Å². The van der Waals surface area contributed by atoms with Gasteiger partial charge in [0.05, 0.1) is 5.41 Å². The monoisotopic (exact) mass is 269 g/mol. The summed E-state index contributed by atoms with van der Waals surface area (Å²) in [5.41, 5.74) is -0.261. The van der Waals surface area contributed by atoms with Crippen molar-refractivity contribution in [3.63, 3.8) is 0 Å². The maximum Gasteiger partial charge on any atom is 0.227 e. The molecule has 0 aromatic carbocycles. The van der Waals surface area contributed by atoms with Crippen LogP contribution in [0.4, 0.5) is 0 Å². The van der Waals surface area contributed by atoms with Crippen LogP contribution in [-0.2, 0) is 9.59 Å². The molecule has 0 bridgehead atoms. The molecule has 2 amide bonds. The highest BCUT2D eigenvalue weighted by Crippen LogP contribution is 2.31. The van der Waals surface area contributed by atoms with Crippen molar-refractivity contribution < 1.29 is 9.59 Å². The van der Waals surface area contributed by atoms with Crippen molar-refractivity contribution in [2.45, 2.75) is 52.5 Å². The maximum atomic E-state index is 12.3. The van der Waals surface area contributed by atoms with Gasteiger partial charge in [0.25, 0.3) is 0 Å². The summed E-state index contributed by atoms with van der Waals surface area (Å²) < 4.78 is 0. The van der Waals surface area contributed by atoms with Gasteiger partial charge in [0.15, 0.2) is 0 Å². The Labute approximate surface area is 115 Å². The lowest BCUT2D eigenvalue weighted by atomic mass is 9.81. The van der Waals surface area contributed by atoms with E-state index in [4.69, 9.17) is 0 Å². The quantitative estimate of drug-likeness (QED) is 0.640. The van der Waals surface area contributed by atoms with Crippen LogP contribution in [0, 0.1) is 5.41 Å². The molecule has 1 heterocycles. The average molecular weight is 269 g/mol. The molecule has 1 unspecified atom stereocenters. The standard InChI is InChI=1S/C14H27N3O2/c1-4-6-14(7-9-15-10-14)13(19)16-8-5-12(18)17-11(2)3/h11,15H,4-10H2,1-3H3,(H,16,19)(H,17,18). The molecule has 3 N–H and O–H groups in total. The molecule has 0 radical (unpaired) electrons. The molecule has 5 heteroatoms. The van der Waals surface area contributed by atoms with E-state index in [1.165, 1.54) is 0 Å². The molecule has 110 valence electrons. The van der Waals surface area contributed by atoms with Crippen molar-refractivity contribution in [2.75, 3.05) is 19.6 Å². The predicted molar refractivity (Wildman–Crippen MR) is 75.7 cm³/mol. The van der Waals surface area contributed by atoms with E-state index >= 15 is 0 Å². The molecule has 1 fully saturated rings. The first kappa shape index (κ1) is 16.0. The van der Waals surface area contributed by atoms with E-state index < -0.39 is 0 Å². The normalized spacial score (nSPS) is 22.5. The van der Waals surface area contributed by atoms with Crippen LogP contribution >= 0.6 is 0 Å². The molecule has 0 aromatic heterocycles. The second kappa shape index (κ2) is 7.48. The van der Waals surface area contributed by atoms with Crippen LogP contribution in [0.2, 0.25) is 0 Å². The van der Waals surface area contributed by atoms with Crippen LogP contribution in [0.15, 0.2) is 0 Å². The van der Waals surface area contributed by atoms with Crippen molar-refractivity contribution in [3.05, 3.63) is 0 Å². The summed E-state index contributed by atoms with van der Waals surface area (Å²) in [5.74, 6) is 0.0843. The van der Waals surface area contributed by atoms with Crippen LogP contribution in [0.3, 0.4) is 0 Å². The van der Waals surface area contributed by atoms with Gasteiger partial charge in [-0.2, -0.15) is 0 Å². The first-order valence-electron chi connectivity index (χ1n) is 7.28. The van der Waals surface area contributed by atoms with Gasteiger partial charge in [-0.25, -0.2) is 0 Å². The molecule has 1 aliphatic rings. The number of carbonyl (C=O) groups excluding carboxylic acids is 2. The fourth-order valence-corrected chi connectivity index (χ4v) is 2.61. The Balaban J connectivity index is 2.35. The molecular weight excluding hydrogens is 242 g/mol. The lowest BCUT2D eigenvalue weighted by Crippen LogP contribution is -2.44. The van der Waals surface area contributed by atoms with E-state index in [0.29, 0.717) is 13.0 Å². The number of amides is 2. The Morgan fingerprint density at radius 3 is 2.63 bits per heavy atom. The molecule has 5 nitrogen and oxygen atoms in total. The number of hydrogen-bond acceptors (Lipinski definition) is 3. The molecule has 19 heavy (non-hydrogen) atoms. The lowest BCUT2D eigenvalue weighted by molar-refractivity contribution is -0.130. The minimum Gasteiger partial charge on any atom is -0.355 e. The second-order valence-corrected chi connectivity index (χ2v) is 5.69. The van der Waals surface area contributed by atoms with Gasteiger partial charge in [0.1, 0.15) is 0 Å². The largest absolute Gasteiger partial charge is 0.355 e. The first-order chi connectivity index (χ1) is 9.00. The molecule has 0 aromatic rings. The van der Waals surface area contributed by atoms with Crippen LogP contribution in [0.25, 0.3) is 0 Å². The zero-order valence-electron chi connectivity index (χ0n) is 12.3. The van der Waals surface area contributed by atoms with E-state index in [-0.39, 0.29) is 23.3 Å². The van der Waals surface area contributed by atoms with Crippen LogP contribution in [0.1, 0.15) is 46.5 Å². The Morgan fingerprint density at radius 2 is 2.11 bits per heavy atom. The van der Waals surface area contributed by atoms with Gasteiger partial charge in [-0.3, -0.25) is 9.59 Å². The topological polar surface area (TPSA) is 70.2 Å². The smallest absolute Gasteiger partial charge is 0.227 e. The Kier molecular flexibility index (Phi) is 6.28. The van der Waals surface area contributed by atoms with E-state index in [2.05, 4.69) is 22.9 Å². The van der Waals surface area contributed by atoms with E-state index in [1.807, 2.05) is 13.8 Å². The molecule has 1 saturated heterocycles. The number of hydrogen-bond donors (Lipinski definition) is 3. The van der Waals surface area contributed by atoms with Crippen molar-refractivity contribution in [3.8, 4) is 0 Å². The molecular formula is C14H27N3O2. The average Bonchev–Trinajstić information content (AvgIpc) is 2.78. The zero-order valence-corrected chi connectivity index (χ0v) is 12.3. The zero-order chi connectivity index (χ0) is 14.3. The number of carbonyl (C=O) groups is 2. The van der Waals surface area contributed by atoms with Gasteiger partial charge in [-0.1, -0.05) is 13.3 Å². The highest BCUT2D eigenvalue weighted by Gasteiger charge is 2.39. The minimum absolute atomic E-state index is 0.00983. The first-order valence-corrected chi connectivity index (χ1v) is 7.28. The fraction of sp³-hybridized carbons (Fsp3) is 0.857. The number of nitrogens with one attached hydrogen (secondary N) is 3. The summed E-state index contributed by atoms with van der Waals surface area (Å²) >= 11 is 0. The predicted octanol–water partition coefficient (Wildman–Crippen LogP) is 0.797. The molecule has 1 atom stereocenters. The summed E-state index contributed by atoms with van der Waals surface area (Å²) in [5, 5.41) is 9.00. The van der Waals surface area contributed by atoms with Crippen LogP contribution < -0.4 is 16.0 Å². The van der Waals surface area contributed by atoms with Crippen LogP contribution in [-0.4, -0.2) is 37.5 Å². The van der Waals surface area contributed by atoms with Gasteiger partial charge in [0, 0.05) is 25.6 Å². The lowest BCUT2D eigenvalue weighted by Gasteiger charge is -2.26. The van der Waals surface area contributed by atoms with Crippen molar-refractivity contribution >= 4 is 11.8 Å². The summed E-state index contributed by atoms with van der Waals surface area (Å²) in [4.78, 5) is 23.8. The Hall–Kier alpha value is -1.10. The van der Waals surface area contributed by atoms with Gasteiger partial charge >= 0.3 is 0 Å². The van der Waals surface area contributed by atoms with Gasteiger partial charge in [0.2, 0.25) is 11.8 Å². The van der Waals surface area contributed by atoms with Gasteiger partial charge in [-0.05, 0) is 33.2 Å². The minimum atomic E-state index is -0.261. The summed E-state index contributed by atoms with van der Waals surface area (Å²) in [6.45, 7) is 8.03. The van der Waals surface area contributed by atoms with Crippen molar-refractivity contribution in [1.82, 2.24) is 16.0 Å². The Bertz CT molecular complexity index is 310. The third-order valence-electron chi connectivity index (χ3n) is 3.54. The maximum absolute atomic E-state index is 12.3. The Morgan fingerprint density at radius 1 is 1.37 bits per heavy atom. The second-order valence-electron chi connectivity index (χ2n) is 5.69. The van der Waals surface area contributed by atoms with E-state index in [9.17, 15) is 9.59 Å². The van der Waals surface area contributed by atoms with E-state index in [0.717, 1.165) is 32.4 Å². The summed E-state index contributed by atoms with van der Waals surface area (Å²) in [6.07, 6.45) is 3.15. The third kappa shape index (κ3) is 4.82. The molecule has 0 aliphatic carbocycles. The molecule has 0 saturated carbocycles. The highest BCUT2D eigenvalue weighted by molar-refractivity contribution is 5.84. The number of rotatable bonds is 7. The fourth-order valence-electron chi connectivity index (χ4n) is 2.61. The molecule has 0 spiro atoms. The van der Waals surface area contributed by atoms with Crippen LogP contribution in [0.5, 0.6) is 0 Å². The third-order valence-corrected chi connectivity index (χ3v) is 3.54. The SMILES string of the molecule is CCCC1(C(=O)NCCC(=O)NC(C)C)CCNC1. The van der Waals surface area contributed by atoms with Gasteiger partial charge in [-0.15, -0.1) is 0 Å². The van der Waals surface area contributed by atoms with Crippen molar-refractivity contribution in [2.24, 2.45) is 5.41 Å². The molecule has 1 rings (SSSR count).